The largest absolute Gasteiger partial charge is 0.497 e. The lowest BCUT2D eigenvalue weighted by atomic mass is 9.82. The Kier molecular flexibility index (Phi) is 5.33. The number of ether oxygens (including phenoxy) is 3. The van der Waals surface area contributed by atoms with Gasteiger partial charge in [-0.1, -0.05) is 66.7 Å². The van der Waals surface area contributed by atoms with Crippen LogP contribution in [0.3, 0.4) is 0 Å². The summed E-state index contributed by atoms with van der Waals surface area (Å²) in [4.78, 5) is 2.85. The smallest absolute Gasteiger partial charge is 0.178 e. The Morgan fingerprint density at radius 2 is 1.23 bits per heavy atom. The zero-order chi connectivity index (χ0) is 26.8. The van der Waals surface area contributed by atoms with Crippen LogP contribution in [0.15, 0.2) is 113 Å². The summed E-state index contributed by atoms with van der Waals surface area (Å²) in [7, 11) is 2.13. The molecule has 0 unspecified atom stereocenters. The van der Waals surface area contributed by atoms with Crippen molar-refractivity contribution in [3.63, 3.8) is 0 Å². The van der Waals surface area contributed by atoms with Gasteiger partial charge in [0.15, 0.2) is 5.60 Å². The number of fused-ring (bicyclic) bond motifs is 8. The predicted molar refractivity (Wildman–Crippen MR) is 162 cm³/mol. The molecule has 2 aliphatic heterocycles. The summed E-state index contributed by atoms with van der Waals surface area (Å²) in [5.41, 5.74) is 5.16. The Morgan fingerprint density at radius 1 is 0.667 bits per heavy atom. The van der Waals surface area contributed by atoms with Crippen LogP contribution in [0, 0.1) is 0 Å². The molecule has 0 spiro atoms. The van der Waals surface area contributed by atoms with Gasteiger partial charge in [-0.3, -0.25) is 0 Å². The Balaban J connectivity index is 1.52. The van der Waals surface area contributed by atoms with Crippen LogP contribution in [0.4, 0.5) is 0 Å². The summed E-state index contributed by atoms with van der Waals surface area (Å²) in [6.45, 7) is 0. The van der Waals surface area contributed by atoms with Crippen LogP contribution >= 0.6 is 10.0 Å². The summed E-state index contributed by atoms with van der Waals surface area (Å²) in [5.74, 6) is 2.57. The average Bonchev–Trinajstić information content (AvgIpc) is 3.24. The van der Waals surface area contributed by atoms with Gasteiger partial charge < -0.3 is 14.2 Å². The standard InChI is InChI=1S/C35H30O3S/c1-36-25-17-13-23(14-18-25)35(24-15-19-26(37-2)20-16-24)22-21-30-33(38-35)28-10-6-5-9-27(28)32-29-11-7-8-12-31(29)39(3,4)34(30)32/h5-22H,1-4H3. The van der Waals surface area contributed by atoms with E-state index in [-0.39, 0.29) is 0 Å². The molecule has 0 bridgehead atoms. The van der Waals surface area contributed by atoms with Crippen LogP contribution in [-0.4, -0.2) is 26.7 Å². The van der Waals surface area contributed by atoms with Gasteiger partial charge in [0.1, 0.15) is 17.2 Å². The summed E-state index contributed by atoms with van der Waals surface area (Å²) >= 11 is 0. The highest BCUT2D eigenvalue weighted by Crippen LogP contribution is 2.71. The zero-order valence-corrected chi connectivity index (χ0v) is 23.3. The Bertz CT molecular complexity index is 1720. The quantitative estimate of drug-likeness (QED) is 0.233. The first kappa shape index (κ1) is 23.9. The van der Waals surface area contributed by atoms with Crippen molar-refractivity contribution in [1.82, 2.24) is 0 Å². The summed E-state index contributed by atoms with van der Waals surface area (Å²) in [6, 6.07) is 34.0. The van der Waals surface area contributed by atoms with Crippen LogP contribution in [0.25, 0.3) is 28.0 Å². The van der Waals surface area contributed by atoms with Crippen LogP contribution in [0.1, 0.15) is 16.7 Å². The first-order chi connectivity index (χ1) is 19.0. The fourth-order valence-electron chi connectivity index (χ4n) is 6.24. The van der Waals surface area contributed by atoms with Crippen molar-refractivity contribution in [3.05, 3.63) is 120 Å². The third-order valence-electron chi connectivity index (χ3n) is 8.16. The van der Waals surface area contributed by atoms with Gasteiger partial charge in [-0.25, -0.2) is 0 Å². The molecule has 0 radical (unpaired) electrons. The predicted octanol–water partition coefficient (Wildman–Crippen LogP) is 8.67. The van der Waals surface area contributed by atoms with Crippen LogP contribution < -0.4 is 14.2 Å². The summed E-state index contributed by atoms with van der Waals surface area (Å²) in [6.07, 6.45) is 9.36. The summed E-state index contributed by atoms with van der Waals surface area (Å²) in [5, 5.41) is 2.37. The molecule has 2 heterocycles. The van der Waals surface area contributed by atoms with Gasteiger partial charge in [0.25, 0.3) is 0 Å². The highest BCUT2D eigenvalue weighted by molar-refractivity contribution is 8.33. The van der Waals surface area contributed by atoms with Crippen molar-refractivity contribution in [2.45, 2.75) is 15.4 Å². The monoisotopic (exact) mass is 530 g/mol. The van der Waals surface area contributed by atoms with Gasteiger partial charge in [-0.05, 0) is 65.9 Å². The second kappa shape index (κ2) is 8.69. The molecule has 194 valence electrons. The fraction of sp³-hybridized carbons (Fsp3) is 0.143. The Morgan fingerprint density at radius 3 is 1.85 bits per heavy atom. The molecule has 0 fully saturated rings. The van der Waals surface area contributed by atoms with E-state index in [1.807, 2.05) is 24.3 Å². The van der Waals surface area contributed by atoms with Crippen molar-refractivity contribution in [2.75, 3.05) is 26.7 Å². The molecule has 4 heteroatoms. The molecule has 39 heavy (non-hydrogen) atoms. The van der Waals surface area contributed by atoms with E-state index in [4.69, 9.17) is 14.2 Å². The van der Waals surface area contributed by atoms with E-state index >= 15 is 0 Å². The molecular formula is C35H30O3S. The SMILES string of the molecule is COc1ccc(C2(c3ccc(OC)cc3)C=Cc3c4c(c5ccccc5c3O2)-c2ccccc2S4(C)C)cc1. The first-order valence-electron chi connectivity index (χ1n) is 13.1. The minimum Gasteiger partial charge on any atom is -0.497 e. The van der Waals surface area contributed by atoms with Crippen molar-refractivity contribution in [1.29, 1.82) is 0 Å². The lowest BCUT2D eigenvalue weighted by Gasteiger charge is -2.39. The van der Waals surface area contributed by atoms with Crippen molar-refractivity contribution in [3.8, 4) is 28.4 Å². The molecule has 0 saturated heterocycles. The zero-order valence-electron chi connectivity index (χ0n) is 22.5. The molecule has 0 aromatic heterocycles. The number of benzene rings is 5. The molecular weight excluding hydrogens is 500 g/mol. The summed E-state index contributed by atoms with van der Waals surface area (Å²) < 4.78 is 18.3. The normalized spacial score (nSPS) is 16.5. The lowest BCUT2D eigenvalue weighted by molar-refractivity contribution is 0.163. The molecule has 0 aliphatic carbocycles. The first-order valence-corrected chi connectivity index (χ1v) is 15.5. The van der Waals surface area contributed by atoms with Crippen LogP contribution in [0.5, 0.6) is 17.2 Å². The maximum Gasteiger partial charge on any atom is 0.178 e. The fourth-order valence-corrected chi connectivity index (χ4v) is 9.04. The molecule has 2 aliphatic rings. The van der Waals surface area contributed by atoms with Gasteiger partial charge in [-0.2, -0.15) is 10.0 Å². The molecule has 5 aromatic rings. The highest BCUT2D eigenvalue weighted by atomic mass is 32.3. The Hall–Kier alpha value is -4.15. The molecule has 0 N–H and O–H groups in total. The van der Waals surface area contributed by atoms with Crippen LogP contribution in [0.2, 0.25) is 0 Å². The third kappa shape index (κ3) is 3.38. The lowest BCUT2D eigenvalue weighted by Crippen LogP contribution is -2.34. The maximum absolute atomic E-state index is 7.31. The van der Waals surface area contributed by atoms with E-state index < -0.39 is 15.6 Å². The van der Waals surface area contributed by atoms with Crippen molar-refractivity contribution >= 4 is 26.9 Å². The topological polar surface area (TPSA) is 27.7 Å². The molecule has 7 rings (SSSR count). The second-order valence-corrected chi connectivity index (χ2v) is 13.9. The molecule has 0 amide bonds. The number of hydrogen-bond donors (Lipinski definition) is 0. The van der Waals surface area contributed by atoms with Gasteiger partial charge >= 0.3 is 0 Å². The van der Waals surface area contributed by atoms with E-state index in [1.54, 1.807) is 14.2 Å². The minimum absolute atomic E-state index is 0.812. The van der Waals surface area contributed by atoms with Gasteiger partial charge in [-0.15, -0.1) is 0 Å². The number of rotatable bonds is 4. The van der Waals surface area contributed by atoms with E-state index in [0.717, 1.165) is 33.8 Å². The van der Waals surface area contributed by atoms with E-state index in [9.17, 15) is 0 Å². The van der Waals surface area contributed by atoms with Gasteiger partial charge in [0.05, 0.1) is 14.2 Å². The van der Waals surface area contributed by atoms with E-state index in [2.05, 4.69) is 97.5 Å². The van der Waals surface area contributed by atoms with E-state index in [0.29, 0.717) is 0 Å². The molecule has 0 saturated carbocycles. The molecule has 3 nitrogen and oxygen atoms in total. The third-order valence-corrected chi connectivity index (χ3v) is 11.1. The van der Waals surface area contributed by atoms with Crippen LogP contribution in [-0.2, 0) is 5.60 Å². The minimum atomic E-state index is -1.25. The molecule has 5 aromatic carbocycles. The van der Waals surface area contributed by atoms with E-state index in [1.165, 1.54) is 31.9 Å². The number of methoxy groups -OCH3 is 2. The van der Waals surface area contributed by atoms with Gasteiger partial charge in [0, 0.05) is 37.4 Å². The number of hydrogen-bond acceptors (Lipinski definition) is 3. The van der Waals surface area contributed by atoms with Gasteiger partial charge in [0.2, 0.25) is 0 Å². The maximum atomic E-state index is 7.31. The van der Waals surface area contributed by atoms with Crippen molar-refractivity contribution in [2.24, 2.45) is 0 Å². The second-order valence-electron chi connectivity index (χ2n) is 10.4. The highest BCUT2D eigenvalue weighted by Gasteiger charge is 2.42. The Labute approximate surface area is 231 Å². The average molecular weight is 531 g/mol. The van der Waals surface area contributed by atoms with Crippen molar-refractivity contribution < 1.29 is 14.2 Å². The molecule has 0 atom stereocenters.